The van der Waals surface area contributed by atoms with E-state index in [4.69, 9.17) is 0 Å². The molecule has 0 radical (unpaired) electrons. The van der Waals surface area contributed by atoms with Crippen molar-refractivity contribution in [3.63, 3.8) is 0 Å². The van der Waals surface area contributed by atoms with Gasteiger partial charge >= 0.3 is 6.36 Å². The smallest absolute Gasteiger partial charge is 0.406 e. The number of carbonyl (C=O) groups is 1. The van der Waals surface area contributed by atoms with Gasteiger partial charge in [0.25, 0.3) is 5.91 Å². The maximum Gasteiger partial charge on any atom is 0.573 e. The van der Waals surface area contributed by atoms with Crippen LogP contribution in [0.3, 0.4) is 0 Å². The van der Waals surface area contributed by atoms with Crippen LogP contribution in [0.4, 0.5) is 19.1 Å². The lowest BCUT2D eigenvalue weighted by atomic mass is 9.79. The number of nitrogens with zero attached hydrogens (tertiary/aromatic N) is 3. The van der Waals surface area contributed by atoms with Gasteiger partial charge in [-0.25, -0.2) is 9.97 Å². The average molecular weight is 433 g/mol. The van der Waals surface area contributed by atoms with E-state index < -0.39 is 6.36 Å². The van der Waals surface area contributed by atoms with Gasteiger partial charge in [0.05, 0.1) is 11.1 Å². The highest BCUT2D eigenvalue weighted by atomic mass is 19.4. The molecule has 1 spiro atoms. The molecule has 2 aromatic rings. The predicted octanol–water partition coefficient (Wildman–Crippen LogP) is 3.05. The molecule has 31 heavy (non-hydrogen) atoms. The number of hydrogen-bond acceptors (Lipinski definition) is 6. The molecule has 1 aromatic carbocycles. The van der Waals surface area contributed by atoms with Crippen molar-refractivity contribution in [2.24, 2.45) is 0 Å². The van der Waals surface area contributed by atoms with Crippen molar-refractivity contribution < 1.29 is 22.7 Å². The summed E-state index contributed by atoms with van der Waals surface area (Å²) >= 11 is 0. The Balaban J connectivity index is 1.24. The van der Waals surface area contributed by atoms with Gasteiger partial charge in [0.15, 0.2) is 0 Å². The second kappa shape index (κ2) is 7.37. The molecule has 1 aromatic heterocycles. The molecule has 0 atom stereocenters. The number of ether oxygens (including phenoxy) is 1. The first kappa shape index (κ1) is 20.0. The lowest BCUT2D eigenvalue weighted by Crippen LogP contribution is -2.76. The van der Waals surface area contributed by atoms with Crippen LogP contribution >= 0.6 is 0 Å². The van der Waals surface area contributed by atoms with Crippen molar-refractivity contribution in [1.29, 1.82) is 0 Å². The molecule has 1 amide bonds. The van der Waals surface area contributed by atoms with Crippen molar-refractivity contribution >= 4 is 11.9 Å². The van der Waals surface area contributed by atoms with Crippen molar-refractivity contribution in [3.8, 4) is 5.75 Å². The molecule has 3 heterocycles. The van der Waals surface area contributed by atoms with Crippen molar-refractivity contribution in [2.75, 3.05) is 25.0 Å². The minimum Gasteiger partial charge on any atom is -0.406 e. The minimum atomic E-state index is -4.73. The second-order valence-electron chi connectivity index (χ2n) is 8.42. The quantitative estimate of drug-likeness (QED) is 0.729. The second-order valence-corrected chi connectivity index (χ2v) is 8.42. The fourth-order valence-corrected chi connectivity index (χ4v) is 4.14. The largest absolute Gasteiger partial charge is 0.573 e. The Morgan fingerprint density at radius 3 is 2.52 bits per heavy atom. The summed E-state index contributed by atoms with van der Waals surface area (Å²) in [7, 11) is 0. The monoisotopic (exact) mass is 433 g/mol. The molecular formula is C21H22F3N5O2. The summed E-state index contributed by atoms with van der Waals surface area (Å²) in [6.07, 6.45) is 1.17. The Kier molecular flexibility index (Phi) is 4.76. The summed E-state index contributed by atoms with van der Waals surface area (Å²) < 4.78 is 42.1. The maximum atomic E-state index is 12.7. The molecule has 7 nitrogen and oxygen atoms in total. The molecule has 3 fully saturated rings. The Bertz CT molecular complexity index is 982. The number of halogens is 3. The Morgan fingerprint density at radius 1 is 1.23 bits per heavy atom. The first-order valence-electron chi connectivity index (χ1n) is 10.3. The molecule has 2 saturated heterocycles. The van der Waals surface area contributed by atoms with Crippen LogP contribution in [0, 0.1) is 0 Å². The average Bonchev–Trinajstić information content (AvgIpc) is 3.48. The number of likely N-dealkylation sites (tertiary alicyclic amines) is 1. The number of rotatable bonds is 6. The van der Waals surface area contributed by atoms with Gasteiger partial charge in [-0.15, -0.1) is 13.2 Å². The Labute approximate surface area is 177 Å². The molecule has 2 N–H and O–H groups in total. The molecule has 0 unspecified atom stereocenters. The fraction of sp³-hybridized carbons (Fsp3) is 0.476. The van der Waals surface area contributed by atoms with Gasteiger partial charge in [0, 0.05) is 38.6 Å². The fourth-order valence-electron chi connectivity index (χ4n) is 4.14. The van der Waals surface area contributed by atoms with Gasteiger partial charge in [-0.3, -0.25) is 4.79 Å². The van der Waals surface area contributed by atoms with Gasteiger partial charge in [-0.05, 0) is 48.4 Å². The molecule has 3 aliphatic rings. The van der Waals surface area contributed by atoms with Crippen LogP contribution in [0.25, 0.3) is 0 Å². The van der Waals surface area contributed by atoms with Gasteiger partial charge in [0.1, 0.15) is 5.75 Å². The summed E-state index contributed by atoms with van der Waals surface area (Å²) in [6.45, 7) is 2.61. The summed E-state index contributed by atoms with van der Waals surface area (Å²) in [5.41, 5.74) is 1.87. The van der Waals surface area contributed by atoms with E-state index in [-0.39, 0.29) is 29.7 Å². The number of carbonyl (C=O) groups excluding carboxylic acids is 1. The highest BCUT2D eigenvalue weighted by Gasteiger charge is 2.51. The van der Waals surface area contributed by atoms with Crippen molar-refractivity contribution in [1.82, 2.24) is 20.2 Å². The summed E-state index contributed by atoms with van der Waals surface area (Å²) in [6, 6.07) is 4.69. The molecule has 1 saturated carbocycles. The molecular weight excluding hydrogens is 411 g/mol. The van der Waals surface area contributed by atoms with Gasteiger partial charge in [0.2, 0.25) is 5.95 Å². The third kappa shape index (κ3) is 4.16. The molecule has 10 heteroatoms. The van der Waals surface area contributed by atoms with Crippen LogP contribution in [0.1, 0.15) is 46.7 Å². The molecule has 1 aliphatic carbocycles. The summed E-state index contributed by atoms with van der Waals surface area (Å²) in [5, 5.41) is 6.21. The molecule has 164 valence electrons. The van der Waals surface area contributed by atoms with Gasteiger partial charge in [-0.2, -0.15) is 0 Å². The third-order valence-corrected chi connectivity index (χ3v) is 6.15. The van der Waals surface area contributed by atoms with Gasteiger partial charge in [-0.1, -0.05) is 6.07 Å². The summed E-state index contributed by atoms with van der Waals surface area (Å²) in [5.74, 6) is 0.290. The van der Waals surface area contributed by atoms with E-state index in [2.05, 4.69) is 25.3 Å². The van der Waals surface area contributed by atoms with Crippen LogP contribution in [0.2, 0.25) is 0 Å². The van der Waals surface area contributed by atoms with E-state index in [0.29, 0.717) is 17.1 Å². The molecule has 2 aliphatic heterocycles. The van der Waals surface area contributed by atoms with E-state index in [1.807, 2.05) is 11.0 Å². The number of nitrogens with one attached hydrogen (secondary N) is 2. The predicted molar refractivity (Wildman–Crippen MR) is 106 cm³/mol. The third-order valence-electron chi connectivity index (χ3n) is 6.15. The normalized spacial score (nSPS) is 19.5. The molecule has 0 bridgehead atoms. The highest BCUT2D eigenvalue weighted by Crippen LogP contribution is 2.42. The van der Waals surface area contributed by atoms with Crippen LogP contribution in [-0.2, 0) is 6.54 Å². The zero-order valence-corrected chi connectivity index (χ0v) is 16.7. The van der Waals surface area contributed by atoms with E-state index in [1.54, 1.807) is 0 Å². The van der Waals surface area contributed by atoms with E-state index in [0.717, 1.165) is 44.5 Å². The van der Waals surface area contributed by atoms with Crippen molar-refractivity contribution in [2.45, 2.75) is 43.6 Å². The SMILES string of the molecule is O=C(c1cnc(NCc2cc(OC(F)(F)F)cc(C3CC3)c2)nc1)N1CCC12CNC2. The number of amides is 1. The van der Waals surface area contributed by atoms with Crippen molar-refractivity contribution in [3.05, 3.63) is 47.3 Å². The van der Waals surface area contributed by atoms with Crippen LogP contribution < -0.4 is 15.4 Å². The maximum absolute atomic E-state index is 12.7. The van der Waals surface area contributed by atoms with Gasteiger partial charge < -0.3 is 20.3 Å². The summed E-state index contributed by atoms with van der Waals surface area (Å²) in [4.78, 5) is 22.9. The number of anilines is 1. The standard InChI is InChI=1S/C21H22F3N5O2/c22-21(23,24)31-17-6-13(5-15(7-17)14-1-2-14)8-26-19-27-9-16(10-28-19)18(30)29-4-3-20(29)11-25-12-20/h5-7,9-10,14,25H,1-4,8,11-12H2,(H,26,27,28). The lowest BCUT2D eigenvalue weighted by Gasteiger charge is -2.58. The Morgan fingerprint density at radius 2 is 1.97 bits per heavy atom. The number of aromatic nitrogens is 2. The van der Waals surface area contributed by atoms with E-state index >= 15 is 0 Å². The number of alkyl halides is 3. The Hall–Kier alpha value is -2.88. The van der Waals surface area contributed by atoms with Crippen LogP contribution in [-0.4, -0.2) is 52.3 Å². The first-order valence-corrected chi connectivity index (χ1v) is 10.3. The number of hydrogen-bond donors (Lipinski definition) is 2. The number of benzene rings is 1. The first-order chi connectivity index (χ1) is 14.8. The van der Waals surface area contributed by atoms with E-state index in [9.17, 15) is 18.0 Å². The van der Waals surface area contributed by atoms with Crippen LogP contribution in [0.5, 0.6) is 5.75 Å². The van der Waals surface area contributed by atoms with E-state index in [1.165, 1.54) is 24.5 Å². The van der Waals surface area contributed by atoms with Crippen LogP contribution in [0.15, 0.2) is 30.6 Å². The zero-order valence-electron chi connectivity index (χ0n) is 16.7. The lowest BCUT2D eigenvalue weighted by molar-refractivity contribution is -0.274. The molecule has 5 rings (SSSR count). The minimum absolute atomic E-state index is 0.0449. The highest BCUT2D eigenvalue weighted by molar-refractivity contribution is 5.95. The zero-order chi connectivity index (χ0) is 21.6. The topological polar surface area (TPSA) is 79.4 Å².